The Balaban J connectivity index is 1.46. The number of thiazole rings is 1. The summed E-state index contributed by atoms with van der Waals surface area (Å²) in [5.74, 6) is 0.266. The molecule has 3 rings (SSSR count). The summed E-state index contributed by atoms with van der Waals surface area (Å²) < 4.78 is 0. The van der Waals surface area contributed by atoms with E-state index >= 15 is 0 Å². The van der Waals surface area contributed by atoms with E-state index in [0.717, 1.165) is 22.8 Å². The smallest absolute Gasteiger partial charge is 0.209 e. The Morgan fingerprint density at radius 1 is 0.765 bits per heavy atom. The fraction of sp³-hybridized carbons (Fsp3) is 0.467. The maximum Gasteiger partial charge on any atom is 0.209 e. The van der Waals surface area contributed by atoms with Crippen LogP contribution in [0.5, 0.6) is 5.75 Å². The minimum absolute atomic E-state index is 0.266. The molecule has 0 fully saturated rings. The predicted octanol–water partition coefficient (Wildman–Crippen LogP) is 9.51. The van der Waals surface area contributed by atoms with Gasteiger partial charge in [-0.1, -0.05) is 119 Å². The van der Waals surface area contributed by atoms with Crippen molar-refractivity contribution in [2.75, 3.05) is 0 Å². The van der Waals surface area contributed by atoms with E-state index in [-0.39, 0.29) is 5.75 Å². The highest BCUT2D eigenvalue weighted by Gasteiger charge is 2.12. The zero-order valence-electron chi connectivity index (χ0n) is 20.7. The largest absolute Gasteiger partial charge is 0.508 e. The molecule has 2 aromatic carbocycles. The van der Waals surface area contributed by atoms with Gasteiger partial charge >= 0.3 is 0 Å². The molecule has 3 nitrogen and oxygen atoms in total. The number of nitrogens with zero attached hydrogens (tertiary/aromatic N) is 2. The molecule has 1 aromatic heterocycles. The average Bonchev–Trinajstić information content (AvgIpc) is 3.28. The lowest BCUT2D eigenvalue weighted by Crippen LogP contribution is -1.88. The van der Waals surface area contributed by atoms with Gasteiger partial charge in [-0.2, -0.15) is 0 Å². The van der Waals surface area contributed by atoms with Gasteiger partial charge in [-0.05, 0) is 42.7 Å². The predicted molar refractivity (Wildman–Crippen MR) is 148 cm³/mol. The number of phenols is 1. The molecule has 0 radical (unpaired) electrons. The number of phenolic OH excluding ortho intramolecular Hbond substituents is 1. The number of aromatic hydroxyl groups is 1. The molecular weight excluding hydrogens is 436 g/mol. The van der Waals surface area contributed by atoms with Gasteiger partial charge in [0.25, 0.3) is 0 Å². The molecular formula is C30H40N2OS. The molecule has 0 amide bonds. The highest BCUT2D eigenvalue weighted by Crippen LogP contribution is 2.34. The van der Waals surface area contributed by atoms with Gasteiger partial charge in [-0.25, -0.2) is 9.98 Å². The van der Waals surface area contributed by atoms with Crippen molar-refractivity contribution in [1.82, 2.24) is 4.98 Å². The highest BCUT2D eigenvalue weighted by molar-refractivity contribution is 7.15. The highest BCUT2D eigenvalue weighted by atomic mass is 32.1. The monoisotopic (exact) mass is 476 g/mol. The molecule has 0 unspecified atom stereocenters. The number of hydrogen-bond acceptors (Lipinski definition) is 4. The zero-order valence-corrected chi connectivity index (χ0v) is 21.5. The Morgan fingerprint density at radius 2 is 1.35 bits per heavy atom. The van der Waals surface area contributed by atoms with Crippen LogP contribution in [-0.2, 0) is 6.42 Å². The second kappa shape index (κ2) is 15.4. The van der Waals surface area contributed by atoms with Gasteiger partial charge in [-0.3, -0.25) is 0 Å². The lowest BCUT2D eigenvalue weighted by Gasteiger charge is -2.04. The number of aromatic nitrogens is 1. The van der Waals surface area contributed by atoms with E-state index in [1.807, 2.05) is 24.4 Å². The van der Waals surface area contributed by atoms with Crippen molar-refractivity contribution in [2.45, 2.75) is 90.4 Å². The maximum atomic E-state index is 9.46. The first kappa shape index (κ1) is 26.2. The Hall–Kier alpha value is -2.46. The van der Waals surface area contributed by atoms with Crippen LogP contribution in [0, 0.1) is 0 Å². The van der Waals surface area contributed by atoms with E-state index < -0.39 is 0 Å². The molecule has 0 spiro atoms. The van der Waals surface area contributed by atoms with Crippen molar-refractivity contribution >= 4 is 22.7 Å². The Kier molecular flexibility index (Phi) is 11.9. The maximum absolute atomic E-state index is 9.46. The Labute approximate surface area is 210 Å². The Bertz CT molecular complexity index is 963. The molecule has 0 saturated carbocycles. The molecule has 0 atom stereocenters. The van der Waals surface area contributed by atoms with Crippen LogP contribution in [0.4, 0.5) is 5.13 Å². The minimum Gasteiger partial charge on any atom is -0.508 e. The van der Waals surface area contributed by atoms with E-state index in [9.17, 15) is 5.11 Å². The third kappa shape index (κ3) is 9.42. The summed E-state index contributed by atoms with van der Waals surface area (Å²) in [6, 6.07) is 17.5. The van der Waals surface area contributed by atoms with Gasteiger partial charge < -0.3 is 5.11 Å². The van der Waals surface area contributed by atoms with Crippen molar-refractivity contribution < 1.29 is 5.11 Å². The van der Waals surface area contributed by atoms with E-state index in [4.69, 9.17) is 4.98 Å². The van der Waals surface area contributed by atoms with Crippen molar-refractivity contribution in [3.05, 3.63) is 65.0 Å². The van der Waals surface area contributed by atoms with E-state index in [2.05, 4.69) is 36.2 Å². The van der Waals surface area contributed by atoms with Crippen LogP contribution in [0.2, 0.25) is 0 Å². The number of aliphatic imine (C=N–C) groups is 1. The molecule has 1 N–H and O–H groups in total. The SMILES string of the molecule is CCCCCCCCCCCCCCc1sc(/N=C/c2ccc(O)cc2)nc1-c1ccccc1. The van der Waals surface area contributed by atoms with Gasteiger partial charge in [0.1, 0.15) is 5.75 Å². The van der Waals surface area contributed by atoms with Crippen LogP contribution in [0.15, 0.2) is 59.6 Å². The molecule has 1 heterocycles. The lowest BCUT2D eigenvalue weighted by atomic mass is 10.0. The molecule has 4 heteroatoms. The number of benzene rings is 2. The molecule has 0 bridgehead atoms. The normalized spacial score (nSPS) is 11.4. The molecule has 3 aromatic rings. The number of unbranched alkanes of at least 4 members (excludes halogenated alkanes) is 11. The Morgan fingerprint density at radius 3 is 1.97 bits per heavy atom. The van der Waals surface area contributed by atoms with Crippen molar-refractivity contribution in [2.24, 2.45) is 4.99 Å². The van der Waals surface area contributed by atoms with Gasteiger partial charge in [0.15, 0.2) is 0 Å². The molecule has 182 valence electrons. The summed E-state index contributed by atoms with van der Waals surface area (Å²) in [5.41, 5.74) is 3.20. The first-order chi connectivity index (χ1) is 16.8. The van der Waals surface area contributed by atoms with Crippen LogP contribution in [0.1, 0.15) is 94.4 Å². The van der Waals surface area contributed by atoms with Crippen molar-refractivity contribution in [1.29, 1.82) is 0 Å². The van der Waals surface area contributed by atoms with Gasteiger partial charge in [0.05, 0.1) is 5.69 Å². The summed E-state index contributed by atoms with van der Waals surface area (Å²) in [5, 5.41) is 10.3. The van der Waals surface area contributed by atoms with Gasteiger partial charge in [0, 0.05) is 16.7 Å². The zero-order chi connectivity index (χ0) is 23.8. The van der Waals surface area contributed by atoms with Crippen LogP contribution >= 0.6 is 11.3 Å². The fourth-order valence-electron chi connectivity index (χ4n) is 4.20. The van der Waals surface area contributed by atoms with Crippen molar-refractivity contribution in [3.8, 4) is 17.0 Å². The summed E-state index contributed by atoms with van der Waals surface area (Å²) in [4.78, 5) is 10.8. The van der Waals surface area contributed by atoms with Crippen LogP contribution in [0.3, 0.4) is 0 Å². The second-order valence-electron chi connectivity index (χ2n) is 9.12. The number of aryl methyl sites for hydroxylation is 1. The van der Waals surface area contributed by atoms with Gasteiger partial charge in [0.2, 0.25) is 5.13 Å². The van der Waals surface area contributed by atoms with Crippen LogP contribution in [0.25, 0.3) is 11.3 Å². The molecule has 34 heavy (non-hydrogen) atoms. The lowest BCUT2D eigenvalue weighted by molar-refractivity contribution is 0.475. The number of rotatable bonds is 16. The summed E-state index contributed by atoms with van der Waals surface area (Å²) in [7, 11) is 0. The van der Waals surface area contributed by atoms with Crippen LogP contribution in [-0.4, -0.2) is 16.3 Å². The molecule has 0 aliphatic heterocycles. The summed E-state index contributed by atoms with van der Waals surface area (Å²) in [6.45, 7) is 2.28. The average molecular weight is 477 g/mol. The molecule has 0 saturated heterocycles. The van der Waals surface area contributed by atoms with E-state index in [0.29, 0.717) is 0 Å². The first-order valence-corrected chi connectivity index (χ1v) is 14.0. The van der Waals surface area contributed by atoms with E-state index in [1.54, 1.807) is 23.5 Å². The third-order valence-corrected chi connectivity index (χ3v) is 7.23. The quantitative estimate of drug-likeness (QED) is 0.165. The number of hydrogen-bond donors (Lipinski definition) is 1. The second-order valence-corrected chi connectivity index (χ2v) is 10.2. The van der Waals surface area contributed by atoms with E-state index in [1.165, 1.54) is 87.5 Å². The van der Waals surface area contributed by atoms with Crippen molar-refractivity contribution in [3.63, 3.8) is 0 Å². The summed E-state index contributed by atoms with van der Waals surface area (Å²) >= 11 is 1.70. The fourth-order valence-corrected chi connectivity index (χ4v) is 5.17. The summed E-state index contributed by atoms with van der Waals surface area (Å²) in [6.07, 6.45) is 19.3. The molecule has 0 aliphatic carbocycles. The third-order valence-electron chi connectivity index (χ3n) is 6.21. The minimum atomic E-state index is 0.266. The molecule has 0 aliphatic rings. The topological polar surface area (TPSA) is 45.5 Å². The van der Waals surface area contributed by atoms with Gasteiger partial charge in [-0.15, -0.1) is 0 Å². The standard InChI is InChI=1S/C30H40N2OS/c1-2-3-4-5-6-7-8-9-10-11-12-16-19-28-29(26-17-14-13-15-18-26)32-30(34-28)31-24-25-20-22-27(33)23-21-25/h13-15,17-18,20-24,33H,2-12,16,19H2,1H3/b31-24+. The first-order valence-electron chi connectivity index (χ1n) is 13.1. The van der Waals surface area contributed by atoms with Crippen LogP contribution < -0.4 is 0 Å².